The molecule has 0 bridgehead atoms. The van der Waals surface area contributed by atoms with Gasteiger partial charge in [0.25, 0.3) is 0 Å². The van der Waals surface area contributed by atoms with Crippen molar-refractivity contribution in [3.05, 3.63) is 77.4 Å². The number of benzene rings is 2. The Hall–Kier alpha value is -2.68. The summed E-state index contributed by atoms with van der Waals surface area (Å²) in [6.45, 7) is 3.75. The van der Waals surface area contributed by atoms with Crippen molar-refractivity contribution in [3.8, 4) is 0 Å². The molecule has 24 heavy (non-hydrogen) atoms. The lowest BCUT2D eigenvalue weighted by Gasteiger charge is -2.14. The number of esters is 1. The topological polar surface area (TPSA) is 43.4 Å². The molecule has 0 heterocycles. The molecule has 0 fully saturated rings. The largest absolute Gasteiger partial charge is 0.462 e. The Balaban J connectivity index is 2.57. The van der Waals surface area contributed by atoms with E-state index in [-0.39, 0.29) is 11.4 Å². The molecule has 0 aliphatic rings. The Bertz CT molecular complexity index is 674. The quantitative estimate of drug-likeness (QED) is 0.249. The van der Waals surface area contributed by atoms with Crippen molar-refractivity contribution < 1.29 is 14.3 Å². The lowest BCUT2D eigenvalue weighted by Crippen LogP contribution is -2.17. The molecular formula is C21H22O3. The highest BCUT2D eigenvalue weighted by atomic mass is 16.5. The number of rotatable bonds is 7. The lowest BCUT2D eigenvalue weighted by atomic mass is 9.91. The molecule has 0 aliphatic carbocycles. The number of carbonyl (C=O) groups excluding carboxylic acids is 2. The van der Waals surface area contributed by atoms with Crippen molar-refractivity contribution in [2.24, 2.45) is 0 Å². The molecule has 2 rings (SSSR count). The third-order valence-electron chi connectivity index (χ3n) is 3.66. The van der Waals surface area contributed by atoms with E-state index in [0.717, 1.165) is 24.0 Å². The Morgan fingerprint density at radius 1 is 0.875 bits per heavy atom. The van der Waals surface area contributed by atoms with Crippen molar-refractivity contribution in [3.63, 3.8) is 0 Å². The molecule has 2 aromatic rings. The van der Waals surface area contributed by atoms with Gasteiger partial charge >= 0.3 is 5.97 Å². The molecular weight excluding hydrogens is 300 g/mol. The van der Waals surface area contributed by atoms with E-state index in [4.69, 9.17) is 4.74 Å². The van der Waals surface area contributed by atoms with Crippen molar-refractivity contribution in [2.45, 2.75) is 26.7 Å². The number of ether oxygens (including phenoxy) is 1. The predicted octanol–water partition coefficient (Wildman–Crippen LogP) is 4.42. The van der Waals surface area contributed by atoms with E-state index in [9.17, 15) is 9.59 Å². The van der Waals surface area contributed by atoms with Gasteiger partial charge in [0.1, 0.15) is 5.57 Å². The summed E-state index contributed by atoms with van der Waals surface area (Å²) in [6, 6.07) is 18.9. The monoisotopic (exact) mass is 322 g/mol. The number of hydrogen-bond donors (Lipinski definition) is 0. The number of Topliss-reactive ketones (excluding diaryl/α,β-unsaturated/α-hetero) is 1. The molecule has 0 spiro atoms. The van der Waals surface area contributed by atoms with Crippen LogP contribution in [0.2, 0.25) is 0 Å². The lowest BCUT2D eigenvalue weighted by molar-refractivity contribution is -0.140. The van der Waals surface area contributed by atoms with Crippen LogP contribution in [0.15, 0.2) is 66.2 Å². The van der Waals surface area contributed by atoms with E-state index < -0.39 is 5.97 Å². The molecule has 3 heteroatoms. The van der Waals surface area contributed by atoms with Crippen molar-refractivity contribution >= 4 is 17.3 Å². The van der Waals surface area contributed by atoms with E-state index in [0.29, 0.717) is 12.2 Å². The van der Waals surface area contributed by atoms with Crippen LogP contribution >= 0.6 is 0 Å². The number of hydrogen-bond acceptors (Lipinski definition) is 3. The first-order valence-corrected chi connectivity index (χ1v) is 8.18. The minimum absolute atomic E-state index is 0.100. The maximum atomic E-state index is 12.5. The maximum absolute atomic E-state index is 12.5. The van der Waals surface area contributed by atoms with Crippen molar-refractivity contribution in [1.29, 1.82) is 0 Å². The Morgan fingerprint density at radius 2 is 1.38 bits per heavy atom. The summed E-state index contributed by atoms with van der Waals surface area (Å²) < 4.78 is 5.31. The summed E-state index contributed by atoms with van der Waals surface area (Å²) in [7, 11) is 0. The zero-order chi connectivity index (χ0) is 17.4. The van der Waals surface area contributed by atoms with Crippen LogP contribution < -0.4 is 0 Å². The van der Waals surface area contributed by atoms with Gasteiger partial charge in [-0.2, -0.15) is 0 Å². The Labute approximate surface area is 143 Å². The summed E-state index contributed by atoms with van der Waals surface area (Å²) in [6.07, 6.45) is 1.71. The van der Waals surface area contributed by atoms with Crippen LogP contribution in [0, 0.1) is 0 Å². The van der Waals surface area contributed by atoms with Crippen LogP contribution in [0.5, 0.6) is 0 Å². The molecule has 0 saturated heterocycles. The zero-order valence-electron chi connectivity index (χ0n) is 14.1. The van der Waals surface area contributed by atoms with Gasteiger partial charge in [-0.05, 0) is 24.5 Å². The van der Waals surface area contributed by atoms with Crippen LogP contribution in [0.4, 0.5) is 0 Å². The van der Waals surface area contributed by atoms with Gasteiger partial charge in [0.15, 0.2) is 5.78 Å². The fourth-order valence-electron chi connectivity index (χ4n) is 2.47. The minimum atomic E-state index is -0.557. The van der Waals surface area contributed by atoms with Gasteiger partial charge in [-0.15, -0.1) is 0 Å². The second kappa shape index (κ2) is 8.82. The first-order chi connectivity index (χ1) is 11.6. The first kappa shape index (κ1) is 17.7. The molecule has 0 unspecified atom stereocenters. The average molecular weight is 322 g/mol. The van der Waals surface area contributed by atoms with E-state index in [1.54, 1.807) is 0 Å². The molecule has 0 radical (unpaired) electrons. The van der Waals surface area contributed by atoms with Crippen LogP contribution in [0.3, 0.4) is 0 Å². The third-order valence-corrected chi connectivity index (χ3v) is 3.66. The summed E-state index contributed by atoms with van der Waals surface area (Å²) >= 11 is 0. The zero-order valence-corrected chi connectivity index (χ0v) is 14.1. The highest BCUT2D eigenvalue weighted by Gasteiger charge is 2.23. The summed E-state index contributed by atoms with van der Waals surface area (Å²) in [5.74, 6) is -0.849. The van der Waals surface area contributed by atoms with Crippen molar-refractivity contribution in [1.82, 2.24) is 0 Å². The van der Waals surface area contributed by atoms with Gasteiger partial charge in [-0.25, -0.2) is 4.79 Å². The van der Waals surface area contributed by atoms with E-state index in [1.165, 1.54) is 6.92 Å². The molecule has 0 amide bonds. The molecule has 0 saturated carbocycles. The average Bonchev–Trinajstić information content (AvgIpc) is 2.60. The van der Waals surface area contributed by atoms with Gasteiger partial charge in [-0.1, -0.05) is 74.0 Å². The molecule has 0 N–H and O–H groups in total. The summed E-state index contributed by atoms with van der Waals surface area (Å²) in [5, 5.41) is 0. The highest BCUT2D eigenvalue weighted by Crippen LogP contribution is 2.28. The maximum Gasteiger partial charge on any atom is 0.342 e. The molecule has 0 aromatic heterocycles. The number of unbranched alkanes of at least 4 members (excludes halogenated alkanes) is 1. The molecule has 124 valence electrons. The minimum Gasteiger partial charge on any atom is -0.462 e. The SMILES string of the molecule is CCCCOC(=O)C(C(C)=O)=C(c1ccccc1)c1ccccc1. The smallest absolute Gasteiger partial charge is 0.342 e. The normalized spacial score (nSPS) is 10.1. The molecule has 3 nitrogen and oxygen atoms in total. The van der Waals surface area contributed by atoms with Crippen molar-refractivity contribution in [2.75, 3.05) is 6.61 Å². The van der Waals surface area contributed by atoms with Gasteiger partial charge in [-0.3, -0.25) is 4.79 Å². The molecule has 2 aromatic carbocycles. The second-order valence-corrected chi connectivity index (χ2v) is 5.53. The Kier molecular flexibility index (Phi) is 6.50. The standard InChI is InChI=1S/C21H22O3/c1-3-4-15-24-21(23)19(16(2)22)20(17-11-7-5-8-12-17)18-13-9-6-10-14-18/h5-14H,3-4,15H2,1-2H3. The van der Waals surface area contributed by atoms with E-state index >= 15 is 0 Å². The van der Waals surface area contributed by atoms with E-state index in [1.807, 2.05) is 67.6 Å². The van der Waals surface area contributed by atoms with Gasteiger partial charge in [0.05, 0.1) is 6.61 Å². The summed E-state index contributed by atoms with van der Waals surface area (Å²) in [4.78, 5) is 24.8. The predicted molar refractivity (Wildman–Crippen MR) is 95.5 cm³/mol. The van der Waals surface area contributed by atoms with Crippen LogP contribution in [0.1, 0.15) is 37.8 Å². The number of carbonyl (C=O) groups is 2. The Morgan fingerprint density at radius 3 is 1.79 bits per heavy atom. The second-order valence-electron chi connectivity index (χ2n) is 5.53. The van der Waals surface area contributed by atoms with Gasteiger partial charge < -0.3 is 4.74 Å². The van der Waals surface area contributed by atoms with Gasteiger partial charge in [0, 0.05) is 5.57 Å². The number of ketones is 1. The fraction of sp³-hybridized carbons (Fsp3) is 0.238. The van der Waals surface area contributed by atoms with Crippen LogP contribution in [-0.4, -0.2) is 18.4 Å². The van der Waals surface area contributed by atoms with Gasteiger partial charge in [0.2, 0.25) is 0 Å². The molecule has 0 atom stereocenters. The van der Waals surface area contributed by atoms with Crippen LogP contribution in [0.25, 0.3) is 5.57 Å². The van der Waals surface area contributed by atoms with Crippen LogP contribution in [-0.2, 0) is 14.3 Å². The first-order valence-electron chi connectivity index (χ1n) is 8.18. The third kappa shape index (κ3) is 4.42. The highest BCUT2D eigenvalue weighted by molar-refractivity contribution is 6.23. The van der Waals surface area contributed by atoms with E-state index in [2.05, 4.69) is 0 Å². The fourth-order valence-corrected chi connectivity index (χ4v) is 2.47. The molecule has 0 aliphatic heterocycles. The summed E-state index contributed by atoms with van der Waals surface area (Å²) in [5.41, 5.74) is 2.36.